The number of aromatic nitrogens is 2. The Hall–Kier alpha value is -2.37. The van der Waals surface area contributed by atoms with Gasteiger partial charge >= 0.3 is 0 Å². The molecule has 0 aliphatic heterocycles. The number of carbonyl (C=O) groups excluding carboxylic acids is 1. The number of hydrogen-bond acceptors (Lipinski definition) is 5. The zero-order chi connectivity index (χ0) is 13.7. The summed E-state index contributed by atoms with van der Waals surface area (Å²) in [5, 5.41) is 13.7. The number of hydrogen-bond donors (Lipinski definition) is 2. The van der Waals surface area contributed by atoms with E-state index in [1.54, 1.807) is 18.4 Å². The van der Waals surface area contributed by atoms with E-state index in [0.29, 0.717) is 18.1 Å². The molecule has 19 heavy (non-hydrogen) atoms. The van der Waals surface area contributed by atoms with Gasteiger partial charge in [-0.15, -0.1) is 10.2 Å². The Kier molecular flexibility index (Phi) is 4.12. The van der Waals surface area contributed by atoms with Gasteiger partial charge < -0.3 is 15.1 Å². The maximum Gasteiger partial charge on any atom is 0.271 e. The molecule has 2 aromatic rings. The summed E-state index contributed by atoms with van der Waals surface area (Å²) < 4.78 is 5.29. The average molecular weight is 260 g/mol. The Balaban J connectivity index is 2.01. The molecule has 1 amide bonds. The van der Waals surface area contributed by atoms with Crippen molar-refractivity contribution in [3.05, 3.63) is 42.0 Å². The van der Waals surface area contributed by atoms with E-state index >= 15 is 0 Å². The molecule has 2 N–H and O–H groups in total. The summed E-state index contributed by atoms with van der Waals surface area (Å²) in [5.74, 6) is 1.19. The molecule has 0 saturated heterocycles. The predicted octanol–water partition coefficient (Wildman–Crippen LogP) is 1.99. The Morgan fingerprint density at radius 2 is 2.21 bits per heavy atom. The fourth-order valence-electron chi connectivity index (χ4n) is 1.61. The molecule has 1 atom stereocenters. The largest absolute Gasteiger partial charge is 0.467 e. The van der Waals surface area contributed by atoms with Gasteiger partial charge in [0.2, 0.25) is 0 Å². The zero-order valence-corrected chi connectivity index (χ0v) is 10.9. The summed E-state index contributed by atoms with van der Waals surface area (Å²) in [6.07, 6.45) is 1.62. The van der Waals surface area contributed by atoms with Crippen LogP contribution in [-0.4, -0.2) is 22.6 Å². The van der Waals surface area contributed by atoms with Gasteiger partial charge in [0.1, 0.15) is 11.6 Å². The second kappa shape index (κ2) is 5.99. The monoisotopic (exact) mass is 260 g/mol. The summed E-state index contributed by atoms with van der Waals surface area (Å²) in [4.78, 5) is 11.5. The standard InChI is InChI=1S/C13H16N4O2/c1-3-14-13(18)10-6-7-12(17-16-10)15-9(2)11-5-4-8-19-11/h4-9H,3H2,1-2H3,(H,14,18)(H,15,17). The van der Waals surface area contributed by atoms with Crippen molar-refractivity contribution in [2.75, 3.05) is 11.9 Å². The Bertz CT molecular complexity index is 522. The van der Waals surface area contributed by atoms with Gasteiger partial charge in [0, 0.05) is 6.54 Å². The maximum absolute atomic E-state index is 11.5. The van der Waals surface area contributed by atoms with Gasteiger partial charge in [-0.2, -0.15) is 0 Å². The smallest absolute Gasteiger partial charge is 0.271 e. The van der Waals surface area contributed by atoms with Crippen LogP contribution in [0.2, 0.25) is 0 Å². The van der Waals surface area contributed by atoms with Crippen LogP contribution in [0, 0.1) is 0 Å². The molecule has 0 aliphatic rings. The highest BCUT2D eigenvalue weighted by atomic mass is 16.3. The van der Waals surface area contributed by atoms with Gasteiger partial charge in [-0.05, 0) is 38.1 Å². The fourth-order valence-corrected chi connectivity index (χ4v) is 1.61. The van der Waals surface area contributed by atoms with Crippen LogP contribution in [0.25, 0.3) is 0 Å². The van der Waals surface area contributed by atoms with Crippen LogP contribution in [0.4, 0.5) is 5.82 Å². The summed E-state index contributed by atoms with van der Waals surface area (Å²) in [7, 11) is 0. The van der Waals surface area contributed by atoms with E-state index in [9.17, 15) is 4.79 Å². The minimum absolute atomic E-state index is 0.0142. The lowest BCUT2D eigenvalue weighted by molar-refractivity contribution is 0.0950. The first-order chi connectivity index (χ1) is 9.20. The molecule has 1 unspecified atom stereocenters. The third kappa shape index (κ3) is 3.31. The molecule has 0 aliphatic carbocycles. The van der Waals surface area contributed by atoms with Crippen LogP contribution in [0.15, 0.2) is 34.9 Å². The number of furan rings is 1. The third-order valence-corrected chi connectivity index (χ3v) is 2.57. The molecule has 6 heteroatoms. The number of carbonyl (C=O) groups is 1. The number of nitrogens with zero attached hydrogens (tertiary/aromatic N) is 2. The Labute approximate surface area is 111 Å². The van der Waals surface area contributed by atoms with Crippen molar-refractivity contribution in [2.24, 2.45) is 0 Å². The van der Waals surface area contributed by atoms with E-state index in [0.717, 1.165) is 5.76 Å². The van der Waals surface area contributed by atoms with Gasteiger partial charge in [0.25, 0.3) is 5.91 Å². The highest BCUT2D eigenvalue weighted by Crippen LogP contribution is 2.17. The van der Waals surface area contributed by atoms with Crippen molar-refractivity contribution in [3.8, 4) is 0 Å². The lowest BCUT2D eigenvalue weighted by atomic mass is 10.2. The van der Waals surface area contributed by atoms with Gasteiger partial charge in [-0.25, -0.2) is 0 Å². The number of amides is 1. The van der Waals surface area contributed by atoms with Gasteiger partial charge in [0.15, 0.2) is 5.69 Å². The second-order valence-electron chi connectivity index (χ2n) is 4.04. The summed E-state index contributed by atoms with van der Waals surface area (Å²) in [6, 6.07) is 7.05. The normalized spacial score (nSPS) is 11.9. The van der Waals surface area contributed by atoms with Crippen molar-refractivity contribution in [3.63, 3.8) is 0 Å². The number of nitrogens with one attached hydrogen (secondary N) is 2. The summed E-state index contributed by atoms with van der Waals surface area (Å²) >= 11 is 0. The minimum Gasteiger partial charge on any atom is -0.467 e. The molecule has 0 saturated carbocycles. The molecule has 2 aromatic heterocycles. The van der Waals surface area contributed by atoms with Crippen LogP contribution in [0.1, 0.15) is 36.1 Å². The summed E-state index contributed by atoms with van der Waals surface area (Å²) in [6.45, 7) is 4.38. The van der Waals surface area contributed by atoms with E-state index < -0.39 is 0 Å². The van der Waals surface area contributed by atoms with Crippen molar-refractivity contribution >= 4 is 11.7 Å². The lowest BCUT2D eigenvalue weighted by Gasteiger charge is -2.11. The molecule has 0 radical (unpaired) electrons. The number of rotatable bonds is 5. The SMILES string of the molecule is CCNC(=O)c1ccc(NC(C)c2ccco2)nn1. The van der Waals surface area contributed by atoms with E-state index in [-0.39, 0.29) is 11.9 Å². The lowest BCUT2D eigenvalue weighted by Crippen LogP contribution is -2.24. The highest BCUT2D eigenvalue weighted by molar-refractivity contribution is 5.92. The van der Waals surface area contributed by atoms with Crippen LogP contribution in [-0.2, 0) is 0 Å². The first-order valence-corrected chi connectivity index (χ1v) is 6.12. The molecular formula is C13H16N4O2. The third-order valence-electron chi connectivity index (χ3n) is 2.57. The second-order valence-corrected chi connectivity index (χ2v) is 4.04. The minimum atomic E-state index is -0.222. The average Bonchev–Trinajstić information content (AvgIpc) is 2.94. The van der Waals surface area contributed by atoms with Crippen molar-refractivity contribution in [2.45, 2.75) is 19.9 Å². The quantitative estimate of drug-likeness (QED) is 0.859. The summed E-state index contributed by atoms with van der Waals surface area (Å²) in [5.41, 5.74) is 0.304. The van der Waals surface area contributed by atoms with Crippen molar-refractivity contribution in [1.29, 1.82) is 0 Å². The Morgan fingerprint density at radius 1 is 1.37 bits per heavy atom. The van der Waals surface area contributed by atoms with E-state index in [1.165, 1.54) is 0 Å². The molecular weight excluding hydrogens is 244 g/mol. The molecule has 2 heterocycles. The topological polar surface area (TPSA) is 80.0 Å². The van der Waals surface area contributed by atoms with Gasteiger partial charge in [0.05, 0.1) is 12.3 Å². The van der Waals surface area contributed by atoms with Crippen LogP contribution >= 0.6 is 0 Å². The maximum atomic E-state index is 11.5. The van der Waals surface area contributed by atoms with E-state index in [4.69, 9.17) is 4.42 Å². The van der Waals surface area contributed by atoms with Crippen LogP contribution < -0.4 is 10.6 Å². The molecule has 0 aromatic carbocycles. The Morgan fingerprint density at radius 3 is 2.79 bits per heavy atom. The highest BCUT2D eigenvalue weighted by Gasteiger charge is 2.10. The number of anilines is 1. The predicted molar refractivity (Wildman–Crippen MR) is 70.8 cm³/mol. The first kappa shape index (κ1) is 13.1. The molecule has 100 valence electrons. The van der Waals surface area contributed by atoms with Gasteiger partial charge in [-0.1, -0.05) is 0 Å². The van der Waals surface area contributed by atoms with Crippen molar-refractivity contribution in [1.82, 2.24) is 15.5 Å². The fraction of sp³-hybridized carbons (Fsp3) is 0.308. The molecule has 0 bridgehead atoms. The van der Waals surface area contributed by atoms with Crippen LogP contribution in [0.3, 0.4) is 0 Å². The van der Waals surface area contributed by atoms with E-state index in [1.807, 2.05) is 26.0 Å². The van der Waals surface area contributed by atoms with Crippen molar-refractivity contribution < 1.29 is 9.21 Å². The molecule has 2 rings (SSSR count). The molecule has 0 spiro atoms. The van der Waals surface area contributed by atoms with Crippen LogP contribution in [0.5, 0.6) is 0 Å². The first-order valence-electron chi connectivity index (χ1n) is 6.12. The van der Waals surface area contributed by atoms with Gasteiger partial charge in [-0.3, -0.25) is 4.79 Å². The molecule has 0 fully saturated rings. The zero-order valence-electron chi connectivity index (χ0n) is 10.9. The molecule has 6 nitrogen and oxygen atoms in total. The van der Waals surface area contributed by atoms with E-state index in [2.05, 4.69) is 20.8 Å².